The second-order valence-corrected chi connectivity index (χ2v) is 7.67. The number of carbonyl (C=O) groups is 2. The molecule has 0 radical (unpaired) electrons. The number of rotatable bonds is 5. The van der Waals surface area contributed by atoms with Gasteiger partial charge >= 0.3 is 0 Å². The largest absolute Gasteiger partial charge is 0.464 e. The lowest BCUT2D eigenvalue weighted by Gasteiger charge is -2.13. The second-order valence-electron chi connectivity index (χ2n) is 7.67. The molecule has 2 N–H and O–H groups in total. The molecule has 4 rings (SSSR count). The molecule has 31 heavy (non-hydrogen) atoms. The van der Waals surface area contributed by atoms with Crippen LogP contribution in [0, 0.1) is 20.8 Å². The molecule has 5 heteroatoms. The highest BCUT2D eigenvalue weighted by Gasteiger charge is 2.16. The Bertz CT molecular complexity index is 1270. The average Bonchev–Trinajstić information content (AvgIpc) is 3.16. The number of amides is 2. The number of furan rings is 1. The number of benzene rings is 3. The highest BCUT2D eigenvalue weighted by Crippen LogP contribution is 2.27. The molecule has 5 nitrogen and oxygen atoms in total. The molecule has 0 aliphatic heterocycles. The van der Waals surface area contributed by atoms with Gasteiger partial charge in [0.1, 0.15) is 5.58 Å². The van der Waals surface area contributed by atoms with Crippen LogP contribution in [-0.4, -0.2) is 11.8 Å². The summed E-state index contributed by atoms with van der Waals surface area (Å²) in [6.45, 7) is 5.88. The van der Waals surface area contributed by atoms with Gasteiger partial charge in [-0.2, -0.15) is 0 Å². The monoisotopic (exact) mass is 412 g/mol. The number of para-hydroxylation sites is 1. The smallest absolute Gasteiger partial charge is 0.256 e. The third kappa shape index (κ3) is 4.21. The fourth-order valence-corrected chi connectivity index (χ4v) is 3.63. The molecule has 0 atom stereocenters. The van der Waals surface area contributed by atoms with Crippen molar-refractivity contribution in [1.29, 1.82) is 0 Å². The molecule has 0 aliphatic rings. The van der Waals surface area contributed by atoms with Crippen LogP contribution < -0.4 is 10.6 Å². The summed E-state index contributed by atoms with van der Waals surface area (Å²) in [5, 5.41) is 6.77. The Morgan fingerprint density at radius 3 is 2.39 bits per heavy atom. The quantitative estimate of drug-likeness (QED) is 0.436. The second kappa shape index (κ2) is 8.48. The third-order valence-electron chi connectivity index (χ3n) is 5.58. The summed E-state index contributed by atoms with van der Waals surface area (Å²) < 4.78 is 5.71. The minimum Gasteiger partial charge on any atom is -0.464 e. The van der Waals surface area contributed by atoms with Crippen LogP contribution >= 0.6 is 0 Å². The van der Waals surface area contributed by atoms with E-state index in [1.165, 1.54) is 0 Å². The van der Waals surface area contributed by atoms with Gasteiger partial charge in [-0.15, -0.1) is 0 Å². The number of hydrogen-bond donors (Lipinski definition) is 2. The standard InChI is InChI=1S/C26H24N2O3/c1-16-12-13-22-19(15-31-25(22)17(16)2)14-24(29)28-23-11-7-10-21(18(23)3)26(30)27-20-8-5-4-6-9-20/h4-13,15H,14H2,1-3H3,(H,27,30)(H,28,29). The predicted octanol–water partition coefficient (Wildman–Crippen LogP) is 5.79. The molecule has 1 heterocycles. The van der Waals surface area contributed by atoms with Gasteiger partial charge in [-0.1, -0.05) is 36.4 Å². The zero-order valence-electron chi connectivity index (χ0n) is 17.8. The zero-order chi connectivity index (χ0) is 22.0. The van der Waals surface area contributed by atoms with E-state index in [2.05, 4.69) is 10.6 Å². The van der Waals surface area contributed by atoms with Crippen molar-refractivity contribution in [2.45, 2.75) is 27.2 Å². The molecule has 3 aromatic carbocycles. The maximum Gasteiger partial charge on any atom is 0.256 e. The number of aryl methyl sites for hydroxylation is 2. The van der Waals surface area contributed by atoms with Crippen molar-refractivity contribution in [2.75, 3.05) is 10.6 Å². The van der Waals surface area contributed by atoms with Crippen LogP contribution in [0.15, 0.2) is 71.3 Å². The first kappa shape index (κ1) is 20.4. The van der Waals surface area contributed by atoms with Gasteiger partial charge < -0.3 is 15.1 Å². The summed E-state index contributed by atoms with van der Waals surface area (Å²) in [7, 11) is 0. The molecule has 0 spiro atoms. The van der Waals surface area contributed by atoms with Gasteiger partial charge in [0.15, 0.2) is 0 Å². The lowest BCUT2D eigenvalue weighted by atomic mass is 10.0. The Labute approximate surface area is 181 Å². The lowest BCUT2D eigenvalue weighted by molar-refractivity contribution is -0.115. The summed E-state index contributed by atoms with van der Waals surface area (Å²) >= 11 is 0. The van der Waals surface area contributed by atoms with Crippen LogP contribution in [0.2, 0.25) is 0 Å². The molecule has 0 unspecified atom stereocenters. The molecule has 0 saturated heterocycles. The number of anilines is 2. The van der Waals surface area contributed by atoms with Crippen LogP contribution in [0.25, 0.3) is 11.0 Å². The van der Waals surface area contributed by atoms with E-state index < -0.39 is 0 Å². The Balaban J connectivity index is 1.51. The normalized spacial score (nSPS) is 10.8. The molecule has 0 saturated carbocycles. The topological polar surface area (TPSA) is 71.3 Å². The van der Waals surface area contributed by atoms with Gasteiger partial charge in [-0.25, -0.2) is 0 Å². The molecule has 2 amide bonds. The van der Waals surface area contributed by atoms with E-state index in [4.69, 9.17) is 4.42 Å². The van der Waals surface area contributed by atoms with Crippen molar-refractivity contribution >= 4 is 34.2 Å². The van der Waals surface area contributed by atoms with Crippen molar-refractivity contribution in [2.24, 2.45) is 0 Å². The minimum atomic E-state index is -0.216. The molecule has 0 bridgehead atoms. The maximum absolute atomic E-state index is 12.7. The zero-order valence-corrected chi connectivity index (χ0v) is 17.8. The van der Waals surface area contributed by atoms with Crippen LogP contribution in [-0.2, 0) is 11.2 Å². The highest BCUT2D eigenvalue weighted by atomic mass is 16.3. The molecule has 1 aromatic heterocycles. The van der Waals surface area contributed by atoms with Crippen LogP contribution in [0.5, 0.6) is 0 Å². The van der Waals surface area contributed by atoms with Gasteiger partial charge in [-0.05, 0) is 61.7 Å². The Morgan fingerprint density at radius 2 is 1.61 bits per heavy atom. The molecular weight excluding hydrogens is 388 g/mol. The first-order valence-corrected chi connectivity index (χ1v) is 10.2. The fraction of sp³-hybridized carbons (Fsp3) is 0.154. The Morgan fingerprint density at radius 1 is 0.839 bits per heavy atom. The van der Waals surface area contributed by atoms with Crippen LogP contribution in [0.1, 0.15) is 32.6 Å². The Hall–Kier alpha value is -3.86. The lowest BCUT2D eigenvalue weighted by Crippen LogP contribution is -2.18. The van der Waals surface area contributed by atoms with E-state index >= 15 is 0 Å². The van der Waals surface area contributed by atoms with E-state index in [1.807, 2.05) is 63.2 Å². The summed E-state index contributed by atoms with van der Waals surface area (Å²) in [6.07, 6.45) is 1.84. The molecule has 156 valence electrons. The molecule has 0 fully saturated rings. The van der Waals surface area contributed by atoms with Crippen molar-refractivity contribution < 1.29 is 14.0 Å². The highest BCUT2D eigenvalue weighted by molar-refractivity contribution is 6.07. The summed E-state index contributed by atoms with van der Waals surface area (Å²) in [6, 6.07) is 18.6. The van der Waals surface area contributed by atoms with Crippen molar-refractivity contribution in [1.82, 2.24) is 0 Å². The van der Waals surface area contributed by atoms with Crippen LogP contribution in [0.3, 0.4) is 0 Å². The van der Waals surface area contributed by atoms with Gasteiger partial charge in [0.05, 0.1) is 12.7 Å². The van der Waals surface area contributed by atoms with Crippen molar-refractivity contribution in [3.05, 3.63) is 94.7 Å². The van der Waals surface area contributed by atoms with Gasteiger partial charge in [0.2, 0.25) is 5.91 Å². The minimum absolute atomic E-state index is 0.162. The van der Waals surface area contributed by atoms with E-state index in [1.54, 1.807) is 24.5 Å². The predicted molar refractivity (Wildman–Crippen MR) is 124 cm³/mol. The first-order valence-electron chi connectivity index (χ1n) is 10.2. The van der Waals surface area contributed by atoms with Crippen LogP contribution in [0.4, 0.5) is 11.4 Å². The maximum atomic E-state index is 12.7. The fourth-order valence-electron chi connectivity index (χ4n) is 3.63. The van der Waals surface area contributed by atoms with Gasteiger partial charge in [0.25, 0.3) is 5.91 Å². The summed E-state index contributed by atoms with van der Waals surface area (Å²) in [5.74, 6) is -0.379. The Kier molecular flexibility index (Phi) is 5.58. The number of fused-ring (bicyclic) bond motifs is 1. The molecular formula is C26H24N2O3. The number of carbonyl (C=O) groups excluding carboxylic acids is 2. The third-order valence-corrected chi connectivity index (χ3v) is 5.58. The van der Waals surface area contributed by atoms with Gasteiger partial charge in [0, 0.05) is 27.9 Å². The van der Waals surface area contributed by atoms with Crippen molar-refractivity contribution in [3.63, 3.8) is 0 Å². The van der Waals surface area contributed by atoms with Crippen molar-refractivity contribution in [3.8, 4) is 0 Å². The summed E-state index contributed by atoms with van der Waals surface area (Å²) in [5.41, 5.74) is 6.46. The van der Waals surface area contributed by atoms with E-state index in [-0.39, 0.29) is 18.2 Å². The van der Waals surface area contributed by atoms with E-state index in [0.717, 1.165) is 33.3 Å². The molecule has 0 aliphatic carbocycles. The number of hydrogen-bond acceptors (Lipinski definition) is 3. The SMILES string of the molecule is Cc1ccc2c(CC(=O)Nc3cccc(C(=O)Nc4ccccc4)c3C)coc2c1C. The average molecular weight is 412 g/mol. The van der Waals surface area contributed by atoms with E-state index in [0.29, 0.717) is 16.8 Å². The van der Waals surface area contributed by atoms with Gasteiger partial charge in [-0.3, -0.25) is 9.59 Å². The number of nitrogens with one attached hydrogen (secondary N) is 2. The van der Waals surface area contributed by atoms with E-state index in [9.17, 15) is 9.59 Å². The first-order chi connectivity index (χ1) is 14.9. The summed E-state index contributed by atoms with van der Waals surface area (Å²) in [4.78, 5) is 25.4. The molecule has 4 aromatic rings.